The lowest BCUT2D eigenvalue weighted by atomic mass is 9.74. The minimum absolute atomic E-state index is 0.0732. The molecule has 1 aromatic heterocycles. The summed E-state index contributed by atoms with van der Waals surface area (Å²) in [4.78, 5) is 0. The molecular formula is C21H26N4O2. The van der Waals surface area contributed by atoms with E-state index in [1.54, 1.807) is 0 Å². The van der Waals surface area contributed by atoms with Crippen LogP contribution in [0.1, 0.15) is 42.1 Å². The largest absolute Gasteiger partial charge is 0.494 e. The highest BCUT2D eigenvalue weighted by Crippen LogP contribution is 2.36. The average Bonchev–Trinajstić information content (AvgIpc) is 2.70. The summed E-state index contributed by atoms with van der Waals surface area (Å²) in [6, 6.07) is 10.6. The van der Waals surface area contributed by atoms with Crippen molar-refractivity contribution in [3.8, 4) is 11.8 Å². The average molecular weight is 366 g/mol. The molecule has 0 unspecified atom stereocenters. The van der Waals surface area contributed by atoms with Crippen molar-refractivity contribution in [2.75, 3.05) is 31.7 Å². The number of hydrogen-bond donors (Lipinski definition) is 1. The van der Waals surface area contributed by atoms with Crippen LogP contribution < -0.4 is 10.1 Å². The van der Waals surface area contributed by atoms with Crippen molar-refractivity contribution >= 4 is 5.82 Å². The van der Waals surface area contributed by atoms with Gasteiger partial charge in [-0.15, -0.1) is 5.10 Å². The van der Waals surface area contributed by atoms with Gasteiger partial charge in [0.15, 0.2) is 5.82 Å². The summed E-state index contributed by atoms with van der Waals surface area (Å²) in [5.74, 6) is 1.43. The topological polar surface area (TPSA) is 80.1 Å². The fraction of sp³-hybridized carbons (Fsp3) is 0.476. The molecule has 27 heavy (non-hydrogen) atoms. The summed E-state index contributed by atoms with van der Waals surface area (Å²) in [5.41, 5.74) is 3.39. The van der Waals surface area contributed by atoms with Gasteiger partial charge in [0, 0.05) is 25.2 Å². The number of benzene rings is 1. The molecule has 6 nitrogen and oxygen atoms in total. The van der Waals surface area contributed by atoms with Crippen molar-refractivity contribution in [1.82, 2.24) is 10.2 Å². The smallest absolute Gasteiger partial charge is 0.166 e. The second-order valence-corrected chi connectivity index (χ2v) is 6.95. The first kappa shape index (κ1) is 19.1. The minimum Gasteiger partial charge on any atom is -0.494 e. The maximum Gasteiger partial charge on any atom is 0.166 e. The predicted octanol–water partition coefficient (Wildman–Crippen LogP) is 3.52. The van der Waals surface area contributed by atoms with Crippen LogP contribution in [0.15, 0.2) is 24.3 Å². The molecule has 0 spiro atoms. The lowest BCUT2D eigenvalue weighted by molar-refractivity contribution is 0.0543. The van der Waals surface area contributed by atoms with Gasteiger partial charge < -0.3 is 14.8 Å². The summed E-state index contributed by atoms with van der Waals surface area (Å²) in [6.45, 7) is 8.53. The van der Waals surface area contributed by atoms with E-state index in [1.165, 1.54) is 5.56 Å². The third-order valence-corrected chi connectivity index (χ3v) is 5.39. The van der Waals surface area contributed by atoms with Crippen molar-refractivity contribution in [2.24, 2.45) is 0 Å². The molecule has 2 aromatic rings. The van der Waals surface area contributed by atoms with Crippen molar-refractivity contribution in [1.29, 1.82) is 5.26 Å². The Balaban J connectivity index is 1.86. The maximum absolute atomic E-state index is 9.53. The van der Waals surface area contributed by atoms with Gasteiger partial charge in [0.05, 0.1) is 12.3 Å². The van der Waals surface area contributed by atoms with E-state index in [0.717, 1.165) is 43.1 Å². The Hall–Kier alpha value is -2.65. The molecule has 0 saturated carbocycles. The summed E-state index contributed by atoms with van der Waals surface area (Å²) < 4.78 is 11.2. The zero-order chi connectivity index (χ0) is 19.3. The van der Waals surface area contributed by atoms with Crippen molar-refractivity contribution in [3.05, 3.63) is 46.6 Å². The predicted molar refractivity (Wildman–Crippen MR) is 104 cm³/mol. The molecule has 3 rings (SSSR count). The first-order valence-electron chi connectivity index (χ1n) is 9.38. The van der Waals surface area contributed by atoms with Gasteiger partial charge in [-0.3, -0.25) is 0 Å². The van der Waals surface area contributed by atoms with Crippen molar-refractivity contribution in [2.45, 2.75) is 39.0 Å². The Labute approximate surface area is 160 Å². The fourth-order valence-electron chi connectivity index (χ4n) is 3.52. The number of aryl methyl sites for hydroxylation is 1. The van der Waals surface area contributed by atoms with Crippen LogP contribution in [-0.4, -0.2) is 36.6 Å². The Kier molecular flexibility index (Phi) is 5.92. The molecule has 0 radical (unpaired) electrons. The van der Waals surface area contributed by atoms with Crippen LogP contribution in [0.3, 0.4) is 0 Å². The SMILES string of the molecule is CCOc1ccc(C2(CNc3nnc(C)c(C)c3C#N)CCOCC2)cc1. The Morgan fingerprint density at radius 3 is 2.52 bits per heavy atom. The van der Waals surface area contributed by atoms with E-state index in [-0.39, 0.29) is 5.41 Å². The van der Waals surface area contributed by atoms with Gasteiger partial charge in [0.25, 0.3) is 0 Å². The molecule has 0 atom stereocenters. The molecule has 2 heterocycles. The Bertz CT molecular complexity index is 821. The van der Waals surface area contributed by atoms with E-state index >= 15 is 0 Å². The monoisotopic (exact) mass is 366 g/mol. The van der Waals surface area contributed by atoms with Gasteiger partial charge in [-0.25, -0.2) is 0 Å². The minimum atomic E-state index is -0.0732. The number of nitrogens with one attached hydrogen (secondary N) is 1. The van der Waals surface area contributed by atoms with E-state index < -0.39 is 0 Å². The zero-order valence-corrected chi connectivity index (χ0v) is 16.2. The molecule has 0 amide bonds. The van der Waals surface area contributed by atoms with Crippen LogP contribution in [0.4, 0.5) is 5.82 Å². The molecule has 1 aliphatic rings. The molecule has 0 aliphatic carbocycles. The number of nitriles is 1. The quantitative estimate of drug-likeness (QED) is 0.842. The number of nitrogens with zero attached hydrogens (tertiary/aromatic N) is 3. The van der Waals surface area contributed by atoms with Crippen LogP contribution in [0.2, 0.25) is 0 Å². The molecule has 1 aliphatic heterocycles. The first-order valence-corrected chi connectivity index (χ1v) is 9.38. The fourth-order valence-corrected chi connectivity index (χ4v) is 3.52. The maximum atomic E-state index is 9.53. The van der Waals surface area contributed by atoms with Gasteiger partial charge in [-0.1, -0.05) is 12.1 Å². The Morgan fingerprint density at radius 2 is 1.89 bits per heavy atom. The molecule has 6 heteroatoms. The van der Waals surface area contributed by atoms with E-state index in [1.807, 2.05) is 32.9 Å². The second kappa shape index (κ2) is 8.36. The van der Waals surface area contributed by atoms with Crippen LogP contribution >= 0.6 is 0 Å². The highest BCUT2D eigenvalue weighted by atomic mass is 16.5. The molecule has 1 saturated heterocycles. The third-order valence-electron chi connectivity index (χ3n) is 5.39. The van der Waals surface area contributed by atoms with E-state index in [9.17, 15) is 5.26 Å². The van der Waals surface area contributed by atoms with Gasteiger partial charge in [0.1, 0.15) is 17.4 Å². The summed E-state index contributed by atoms with van der Waals surface area (Å²) in [5, 5.41) is 21.3. The highest BCUT2D eigenvalue weighted by molar-refractivity contribution is 5.56. The van der Waals surface area contributed by atoms with Gasteiger partial charge in [0.2, 0.25) is 0 Å². The normalized spacial score (nSPS) is 15.8. The van der Waals surface area contributed by atoms with E-state index in [2.05, 4.69) is 33.7 Å². The van der Waals surface area contributed by atoms with Crippen LogP contribution in [0.25, 0.3) is 0 Å². The Morgan fingerprint density at radius 1 is 1.19 bits per heavy atom. The van der Waals surface area contributed by atoms with E-state index in [0.29, 0.717) is 24.5 Å². The molecule has 1 fully saturated rings. The lowest BCUT2D eigenvalue weighted by Crippen LogP contribution is -2.40. The van der Waals surface area contributed by atoms with Crippen LogP contribution in [0, 0.1) is 25.2 Å². The zero-order valence-electron chi connectivity index (χ0n) is 16.2. The van der Waals surface area contributed by atoms with Gasteiger partial charge in [-0.05, 0) is 56.9 Å². The third kappa shape index (κ3) is 4.04. The number of ether oxygens (including phenoxy) is 2. The van der Waals surface area contributed by atoms with Crippen LogP contribution in [0.5, 0.6) is 5.75 Å². The number of rotatable bonds is 6. The van der Waals surface area contributed by atoms with Gasteiger partial charge >= 0.3 is 0 Å². The van der Waals surface area contributed by atoms with E-state index in [4.69, 9.17) is 9.47 Å². The van der Waals surface area contributed by atoms with Crippen molar-refractivity contribution < 1.29 is 9.47 Å². The first-order chi connectivity index (χ1) is 13.1. The molecule has 142 valence electrons. The van der Waals surface area contributed by atoms with Crippen LogP contribution in [-0.2, 0) is 10.2 Å². The highest BCUT2D eigenvalue weighted by Gasteiger charge is 2.34. The molecular weight excluding hydrogens is 340 g/mol. The second-order valence-electron chi connectivity index (χ2n) is 6.95. The molecule has 0 bridgehead atoms. The number of anilines is 1. The lowest BCUT2D eigenvalue weighted by Gasteiger charge is -2.38. The summed E-state index contributed by atoms with van der Waals surface area (Å²) >= 11 is 0. The summed E-state index contributed by atoms with van der Waals surface area (Å²) in [7, 11) is 0. The van der Waals surface area contributed by atoms with Crippen molar-refractivity contribution in [3.63, 3.8) is 0 Å². The summed E-state index contributed by atoms with van der Waals surface area (Å²) in [6.07, 6.45) is 1.82. The molecule has 1 aromatic carbocycles. The number of aromatic nitrogens is 2. The molecule has 1 N–H and O–H groups in total. The standard InChI is InChI=1S/C21H26N4O2/c1-4-27-18-7-5-17(6-8-18)21(9-11-26-12-10-21)14-23-20-19(13-22)15(2)16(3)24-25-20/h5-8H,4,9-12,14H2,1-3H3,(H,23,25). The number of hydrogen-bond acceptors (Lipinski definition) is 6. The van der Waals surface area contributed by atoms with Gasteiger partial charge in [-0.2, -0.15) is 10.4 Å².